The number of allylic oxidation sites excluding steroid dienone is 3. The van der Waals surface area contributed by atoms with Crippen molar-refractivity contribution in [1.29, 1.82) is 0 Å². The summed E-state index contributed by atoms with van der Waals surface area (Å²) < 4.78 is 33.5. The predicted octanol–water partition coefficient (Wildman–Crippen LogP) is 8.84. The Morgan fingerprint density at radius 3 is 1.47 bits per heavy atom. The zero-order valence-electron chi connectivity index (χ0n) is 36.4. The molecular weight excluding hydrogens is 779 g/mol. The lowest BCUT2D eigenvalue weighted by atomic mass is 9.85. The third-order valence-corrected chi connectivity index (χ3v) is 11.9. The number of aliphatic hydroxyl groups excluding tert-OH is 5. The Labute approximate surface area is 356 Å². The first-order valence-electron chi connectivity index (χ1n) is 23.1. The largest absolute Gasteiger partial charge is 0.472 e. The minimum absolute atomic E-state index is 0.0153. The summed E-state index contributed by atoms with van der Waals surface area (Å²) in [6, 6.07) is 0. The predicted molar refractivity (Wildman–Crippen MR) is 230 cm³/mol. The van der Waals surface area contributed by atoms with Gasteiger partial charge in [-0.15, -0.1) is 6.58 Å². The van der Waals surface area contributed by atoms with Crippen molar-refractivity contribution >= 4 is 19.8 Å². The molecule has 6 N–H and O–H groups in total. The highest BCUT2D eigenvalue weighted by atomic mass is 31.2. The van der Waals surface area contributed by atoms with Gasteiger partial charge in [-0.2, -0.15) is 0 Å². The van der Waals surface area contributed by atoms with Crippen LogP contribution in [0.4, 0.5) is 0 Å². The van der Waals surface area contributed by atoms with E-state index in [9.17, 15) is 44.6 Å². The minimum atomic E-state index is -5.12. The van der Waals surface area contributed by atoms with Crippen LogP contribution in [-0.4, -0.2) is 98.3 Å². The van der Waals surface area contributed by atoms with Crippen molar-refractivity contribution in [1.82, 2.24) is 0 Å². The van der Waals surface area contributed by atoms with Crippen LogP contribution >= 0.6 is 7.82 Å². The number of hydrogen-bond acceptors (Lipinski definition) is 12. The molecule has 59 heavy (non-hydrogen) atoms. The lowest BCUT2D eigenvalue weighted by molar-refractivity contribution is -0.220. The highest BCUT2D eigenvalue weighted by molar-refractivity contribution is 7.47. The van der Waals surface area contributed by atoms with E-state index in [1.54, 1.807) is 0 Å². The monoisotopic (exact) mass is 863 g/mol. The van der Waals surface area contributed by atoms with Crippen LogP contribution in [0.25, 0.3) is 0 Å². The number of carbonyl (C=O) groups is 2. The average molecular weight is 863 g/mol. The van der Waals surface area contributed by atoms with E-state index < -0.39 is 75.7 Å². The van der Waals surface area contributed by atoms with Gasteiger partial charge in [-0.3, -0.25) is 18.6 Å². The Bertz CT molecular complexity index is 1120. The molecule has 6 unspecified atom stereocenters. The summed E-state index contributed by atoms with van der Waals surface area (Å²) in [5, 5.41) is 50.1. The molecular formula is C45H83O13P. The highest BCUT2D eigenvalue weighted by Gasteiger charge is 2.51. The first kappa shape index (κ1) is 55.3. The Morgan fingerprint density at radius 2 is 0.983 bits per heavy atom. The van der Waals surface area contributed by atoms with Crippen molar-refractivity contribution in [3.8, 4) is 0 Å². The van der Waals surface area contributed by atoms with Crippen LogP contribution in [0.3, 0.4) is 0 Å². The summed E-state index contributed by atoms with van der Waals surface area (Å²) in [5.74, 6) is -1.15. The molecule has 1 aliphatic carbocycles. The number of rotatable bonds is 39. The number of esters is 2. The Balaban J connectivity index is 2.47. The number of phosphoric ester groups is 1. The van der Waals surface area contributed by atoms with E-state index in [4.69, 9.17) is 18.5 Å². The van der Waals surface area contributed by atoms with E-state index in [0.717, 1.165) is 38.5 Å². The van der Waals surface area contributed by atoms with E-state index in [1.807, 2.05) is 18.2 Å². The molecule has 14 heteroatoms. The number of aliphatic hydroxyl groups is 5. The molecule has 0 bridgehead atoms. The molecule has 0 radical (unpaired) electrons. The maximum Gasteiger partial charge on any atom is 0.472 e. The summed E-state index contributed by atoms with van der Waals surface area (Å²) in [5.41, 5.74) is 0. The van der Waals surface area contributed by atoms with Crippen molar-refractivity contribution in [2.24, 2.45) is 0 Å². The van der Waals surface area contributed by atoms with E-state index in [2.05, 4.69) is 13.5 Å². The Morgan fingerprint density at radius 1 is 0.559 bits per heavy atom. The van der Waals surface area contributed by atoms with E-state index >= 15 is 0 Å². The SMILES string of the molecule is C=CCCCCCCCCCCCCCCCC(=O)OC[C@H](COP(=O)(O)OC1C(O)C(O)C(O)[C@@H](O)C1O)OC(=O)CC/C=C/CCCCCCCCCCCCC. The molecule has 346 valence electrons. The quantitative estimate of drug-likeness (QED) is 0.0148. The fourth-order valence-corrected chi connectivity index (χ4v) is 8.14. The van der Waals surface area contributed by atoms with Crippen molar-refractivity contribution in [3.05, 3.63) is 24.8 Å². The Hall–Kier alpha value is -1.67. The van der Waals surface area contributed by atoms with Crippen LogP contribution in [0, 0.1) is 0 Å². The van der Waals surface area contributed by atoms with E-state index in [1.165, 1.54) is 122 Å². The van der Waals surface area contributed by atoms with Crippen LogP contribution in [-0.2, 0) is 32.7 Å². The van der Waals surface area contributed by atoms with Crippen LogP contribution in [0.2, 0.25) is 0 Å². The molecule has 13 nitrogen and oxygen atoms in total. The molecule has 0 aromatic carbocycles. The van der Waals surface area contributed by atoms with Crippen molar-refractivity contribution in [3.63, 3.8) is 0 Å². The van der Waals surface area contributed by atoms with Gasteiger partial charge in [0.2, 0.25) is 0 Å². The van der Waals surface area contributed by atoms with E-state index in [0.29, 0.717) is 12.8 Å². The van der Waals surface area contributed by atoms with Gasteiger partial charge in [0.15, 0.2) is 6.10 Å². The molecule has 0 aromatic rings. The number of carbonyl (C=O) groups excluding carboxylic acids is 2. The molecule has 0 heterocycles. The van der Waals surface area contributed by atoms with E-state index in [-0.39, 0.29) is 12.8 Å². The molecule has 0 spiro atoms. The van der Waals surface area contributed by atoms with Gasteiger partial charge < -0.3 is 39.9 Å². The molecule has 0 aromatic heterocycles. The second-order valence-electron chi connectivity index (χ2n) is 16.3. The standard InChI is InChI=1S/C45H83O13P/c1-3-5-7-9-11-13-15-17-19-21-23-25-27-29-31-33-38(46)55-35-37(36-56-59(53,54)58-45-43(51)41(49)40(48)42(50)44(45)52)57-39(47)34-32-30-28-26-24-22-20-18-16-14-12-10-8-6-4-2/h3,28,30,37,40-45,48-52H,1,4-27,29,31-36H2,2H3,(H,53,54)/b30-28+/t37-,40?,41-,42?,43?,44?,45?/m1/s1. The van der Waals surface area contributed by atoms with Crippen LogP contribution < -0.4 is 0 Å². The molecule has 1 rings (SSSR count). The fourth-order valence-electron chi connectivity index (χ4n) is 7.17. The maximum atomic E-state index is 12.8. The summed E-state index contributed by atoms with van der Waals surface area (Å²) in [6.45, 7) is 4.80. The lowest BCUT2D eigenvalue weighted by Gasteiger charge is -2.41. The number of phosphoric acid groups is 1. The lowest BCUT2D eigenvalue weighted by Crippen LogP contribution is -2.64. The fraction of sp³-hybridized carbons (Fsp3) is 0.867. The van der Waals surface area contributed by atoms with Gasteiger partial charge in [0.1, 0.15) is 43.2 Å². The van der Waals surface area contributed by atoms with Crippen molar-refractivity contribution < 1.29 is 63.1 Å². The summed E-state index contributed by atoms with van der Waals surface area (Å²) in [6.07, 6.45) is 24.2. The van der Waals surface area contributed by atoms with Crippen molar-refractivity contribution in [2.75, 3.05) is 13.2 Å². The second-order valence-corrected chi connectivity index (χ2v) is 17.7. The normalized spacial score (nSPS) is 22.3. The molecule has 8 atom stereocenters. The first-order valence-corrected chi connectivity index (χ1v) is 24.6. The summed E-state index contributed by atoms with van der Waals surface area (Å²) in [4.78, 5) is 35.6. The second kappa shape index (κ2) is 35.9. The summed E-state index contributed by atoms with van der Waals surface area (Å²) in [7, 11) is -5.12. The van der Waals surface area contributed by atoms with Crippen LogP contribution in [0.15, 0.2) is 24.8 Å². The van der Waals surface area contributed by atoms with Gasteiger partial charge in [-0.1, -0.05) is 160 Å². The topological polar surface area (TPSA) is 210 Å². The van der Waals surface area contributed by atoms with Crippen molar-refractivity contribution in [2.45, 2.75) is 236 Å². The van der Waals surface area contributed by atoms with Crippen LogP contribution in [0.5, 0.6) is 0 Å². The zero-order chi connectivity index (χ0) is 43.6. The molecule has 0 amide bonds. The van der Waals surface area contributed by atoms with Gasteiger partial charge in [0, 0.05) is 12.8 Å². The summed E-state index contributed by atoms with van der Waals surface area (Å²) >= 11 is 0. The number of unbranched alkanes of at least 4 members (excludes halogenated alkanes) is 24. The van der Waals surface area contributed by atoms with Gasteiger partial charge in [-0.25, -0.2) is 4.57 Å². The van der Waals surface area contributed by atoms with Gasteiger partial charge in [0.25, 0.3) is 0 Å². The molecule has 1 fully saturated rings. The van der Waals surface area contributed by atoms with Gasteiger partial charge >= 0.3 is 19.8 Å². The Kier molecular flexibility index (Phi) is 33.7. The number of hydrogen-bond donors (Lipinski definition) is 6. The zero-order valence-corrected chi connectivity index (χ0v) is 37.3. The third-order valence-electron chi connectivity index (χ3n) is 10.9. The number of ether oxygens (including phenoxy) is 2. The minimum Gasteiger partial charge on any atom is -0.462 e. The first-order chi connectivity index (χ1) is 28.4. The highest BCUT2D eigenvalue weighted by Crippen LogP contribution is 2.47. The third kappa shape index (κ3) is 28.5. The molecule has 0 aliphatic heterocycles. The van der Waals surface area contributed by atoms with Crippen LogP contribution in [0.1, 0.15) is 193 Å². The average Bonchev–Trinajstić information content (AvgIpc) is 3.21. The maximum absolute atomic E-state index is 12.8. The van der Waals surface area contributed by atoms with Gasteiger partial charge in [0.05, 0.1) is 6.61 Å². The smallest absolute Gasteiger partial charge is 0.462 e. The molecule has 1 saturated carbocycles. The molecule has 1 aliphatic rings. The van der Waals surface area contributed by atoms with Gasteiger partial charge in [-0.05, 0) is 38.5 Å². The molecule has 0 saturated heterocycles.